The lowest BCUT2D eigenvalue weighted by molar-refractivity contribution is -0.146. The van der Waals surface area contributed by atoms with Crippen molar-refractivity contribution in [2.45, 2.75) is 19.3 Å². The molecule has 0 radical (unpaired) electrons. The Bertz CT molecular complexity index is 275. The molecule has 2 saturated carbocycles. The summed E-state index contributed by atoms with van der Waals surface area (Å²) in [5.74, 6) is 0.805. The fourth-order valence-electron chi connectivity index (χ4n) is 2.76. The van der Waals surface area contributed by atoms with Crippen molar-refractivity contribution in [3.8, 4) is 0 Å². The molecule has 0 aromatic carbocycles. The Morgan fingerprint density at radius 3 is 2.79 bits per heavy atom. The number of hydrogen-bond acceptors (Lipinski definition) is 4. The Morgan fingerprint density at radius 2 is 2.21 bits per heavy atom. The summed E-state index contributed by atoms with van der Waals surface area (Å²) in [6, 6.07) is 0. The Labute approximate surface area is 83.3 Å². The molecule has 0 saturated heterocycles. The van der Waals surface area contributed by atoms with Gasteiger partial charge in [0.1, 0.15) is 7.11 Å². The number of nitrogens with zero attached hydrogens (tertiary/aromatic N) is 1. The van der Waals surface area contributed by atoms with Crippen LogP contribution in [0.3, 0.4) is 0 Å². The van der Waals surface area contributed by atoms with Gasteiger partial charge in [-0.15, -0.1) is 0 Å². The van der Waals surface area contributed by atoms with Crippen LogP contribution in [0.2, 0.25) is 0 Å². The molecule has 0 aromatic heterocycles. The van der Waals surface area contributed by atoms with Gasteiger partial charge in [0, 0.05) is 5.92 Å². The average molecular weight is 197 g/mol. The highest BCUT2D eigenvalue weighted by Crippen LogP contribution is 2.47. The Morgan fingerprint density at radius 1 is 1.43 bits per heavy atom. The van der Waals surface area contributed by atoms with Crippen LogP contribution in [0.4, 0.5) is 0 Å². The maximum Gasteiger partial charge on any atom is 0.309 e. The van der Waals surface area contributed by atoms with Crippen LogP contribution in [0, 0.1) is 17.8 Å². The molecule has 2 bridgehead atoms. The van der Waals surface area contributed by atoms with Crippen molar-refractivity contribution >= 4 is 11.7 Å². The third-order valence-corrected chi connectivity index (χ3v) is 3.30. The van der Waals surface area contributed by atoms with E-state index in [1.54, 1.807) is 7.11 Å². The number of rotatable bonds is 2. The molecule has 0 unspecified atom stereocenters. The highest BCUT2D eigenvalue weighted by molar-refractivity contribution is 5.93. The third-order valence-electron chi connectivity index (χ3n) is 3.30. The summed E-state index contributed by atoms with van der Waals surface area (Å²) in [6.45, 7) is 0. The van der Waals surface area contributed by atoms with Crippen LogP contribution < -0.4 is 0 Å². The quantitative estimate of drug-likeness (QED) is 0.493. The van der Waals surface area contributed by atoms with E-state index in [4.69, 9.17) is 9.57 Å². The molecule has 0 amide bonds. The van der Waals surface area contributed by atoms with Crippen molar-refractivity contribution in [3.05, 3.63) is 0 Å². The molecule has 4 nitrogen and oxygen atoms in total. The Balaban J connectivity index is 2.11. The predicted molar refractivity (Wildman–Crippen MR) is 50.8 cm³/mol. The van der Waals surface area contributed by atoms with Gasteiger partial charge in [0.2, 0.25) is 0 Å². The number of methoxy groups -OCH3 is 1. The van der Waals surface area contributed by atoms with Gasteiger partial charge in [0.25, 0.3) is 0 Å². The second kappa shape index (κ2) is 3.59. The minimum atomic E-state index is -0.0963. The van der Waals surface area contributed by atoms with E-state index in [1.807, 2.05) is 0 Å². The molecule has 2 aliphatic carbocycles. The standard InChI is InChI=1S/C10H15NO3/c1-13-10(12)8-4-6-3-7(8)9(5-6)11-14-2/h6-8H,3-5H2,1-2H3/b11-9+/t6-,7+,8+/m0/s1. The molecule has 0 heterocycles. The SMILES string of the molecule is CO/N=C1\C[C@@H]2C[C@@H](C(=O)OC)[C@H]1C2. The van der Waals surface area contributed by atoms with Crippen LogP contribution in [0.1, 0.15) is 19.3 Å². The van der Waals surface area contributed by atoms with Crippen molar-refractivity contribution in [1.82, 2.24) is 0 Å². The zero-order chi connectivity index (χ0) is 10.1. The fraction of sp³-hybridized carbons (Fsp3) is 0.800. The normalized spacial score (nSPS) is 37.6. The number of oxime groups is 1. The number of fused-ring (bicyclic) bond motifs is 2. The molecule has 3 atom stereocenters. The van der Waals surface area contributed by atoms with Gasteiger partial charge in [-0.2, -0.15) is 0 Å². The molecule has 0 aromatic rings. The maximum absolute atomic E-state index is 11.4. The summed E-state index contributed by atoms with van der Waals surface area (Å²) in [6.07, 6.45) is 3.02. The van der Waals surface area contributed by atoms with E-state index >= 15 is 0 Å². The summed E-state index contributed by atoms with van der Waals surface area (Å²) in [7, 11) is 2.99. The lowest BCUT2D eigenvalue weighted by Crippen LogP contribution is -2.28. The predicted octanol–water partition coefficient (Wildman–Crippen LogP) is 1.21. The van der Waals surface area contributed by atoms with Crippen LogP contribution in [-0.4, -0.2) is 25.9 Å². The maximum atomic E-state index is 11.4. The first-order valence-corrected chi connectivity index (χ1v) is 4.94. The lowest BCUT2D eigenvalue weighted by atomic mass is 9.87. The Hall–Kier alpha value is -1.06. The molecule has 2 aliphatic rings. The van der Waals surface area contributed by atoms with Gasteiger partial charge in [0.15, 0.2) is 0 Å². The molecule has 0 N–H and O–H groups in total. The van der Waals surface area contributed by atoms with Crippen molar-refractivity contribution in [2.75, 3.05) is 14.2 Å². The molecular formula is C10H15NO3. The van der Waals surface area contributed by atoms with Crippen molar-refractivity contribution in [3.63, 3.8) is 0 Å². The zero-order valence-electron chi connectivity index (χ0n) is 8.53. The van der Waals surface area contributed by atoms with Gasteiger partial charge < -0.3 is 9.57 Å². The summed E-state index contributed by atoms with van der Waals surface area (Å²) >= 11 is 0. The number of carbonyl (C=O) groups excluding carboxylic acids is 1. The minimum Gasteiger partial charge on any atom is -0.469 e. The van der Waals surface area contributed by atoms with E-state index in [9.17, 15) is 4.79 Å². The highest BCUT2D eigenvalue weighted by Gasteiger charge is 2.48. The topological polar surface area (TPSA) is 47.9 Å². The number of hydrogen-bond donors (Lipinski definition) is 0. The minimum absolute atomic E-state index is 0.0210. The van der Waals surface area contributed by atoms with Gasteiger partial charge in [-0.05, 0) is 25.2 Å². The van der Waals surface area contributed by atoms with Crippen molar-refractivity contribution < 1.29 is 14.4 Å². The lowest BCUT2D eigenvalue weighted by Gasteiger charge is -2.20. The average Bonchev–Trinajstić information content (AvgIpc) is 2.76. The molecule has 4 heteroatoms. The number of carbonyl (C=O) groups is 1. The van der Waals surface area contributed by atoms with Crippen LogP contribution in [0.5, 0.6) is 0 Å². The summed E-state index contributed by atoms with van der Waals surface area (Å²) in [5.41, 5.74) is 1.04. The van der Waals surface area contributed by atoms with E-state index < -0.39 is 0 Å². The first kappa shape index (κ1) is 9.49. The van der Waals surface area contributed by atoms with E-state index in [2.05, 4.69) is 5.16 Å². The smallest absolute Gasteiger partial charge is 0.309 e. The molecular weight excluding hydrogens is 182 g/mol. The van der Waals surface area contributed by atoms with Gasteiger partial charge in [-0.25, -0.2) is 0 Å². The number of ether oxygens (including phenoxy) is 1. The van der Waals surface area contributed by atoms with Crippen molar-refractivity contribution in [1.29, 1.82) is 0 Å². The molecule has 2 fully saturated rings. The Kier molecular flexibility index (Phi) is 2.44. The van der Waals surface area contributed by atoms with Crippen molar-refractivity contribution in [2.24, 2.45) is 22.9 Å². The van der Waals surface area contributed by atoms with Gasteiger partial charge in [0.05, 0.1) is 18.7 Å². The fourth-order valence-corrected chi connectivity index (χ4v) is 2.76. The van der Waals surface area contributed by atoms with Gasteiger partial charge >= 0.3 is 5.97 Å². The van der Waals surface area contributed by atoms with E-state index in [0.29, 0.717) is 5.92 Å². The summed E-state index contributed by atoms with van der Waals surface area (Å²) < 4.78 is 4.78. The van der Waals surface area contributed by atoms with Crippen LogP contribution in [-0.2, 0) is 14.4 Å². The monoisotopic (exact) mass is 197 g/mol. The van der Waals surface area contributed by atoms with E-state index in [1.165, 1.54) is 7.11 Å². The second-order valence-corrected chi connectivity index (χ2v) is 4.04. The van der Waals surface area contributed by atoms with E-state index in [-0.39, 0.29) is 17.8 Å². The molecule has 0 aliphatic heterocycles. The van der Waals surface area contributed by atoms with Gasteiger partial charge in [-0.3, -0.25) is 4.79 Å². The van der Waals surface area contributed by atoms with Crippen LogP contribution in [0.25, 0.3) is 0 Å². The van der Waals surface area contributed by atoms with Gasteiger partial charge in [-0.1, -0.05) is 5.16 Å². The first-order chi connectivity index (χ1) is 6.76. The summed E-state index contributed by atoms with van der Waals surface area (Å²) in [5, 5.41) is 3.98. The second-order valence-electron chi connectivity index (χ2n) is 4.04. The molecule has 78 valence electrons. The number of esters is 1. The zero-order valence-corrected chi connectivity index (χ0v) is 8.53. The largest absolute Gasteiger partial charge is 0.469 e. The summed E-state index contributed by atoms with van der Waals surface area (Å²) in [4.78, 5) is 16.2. The third kappa shape index (κ3) is 1.38. The van der Waals surface area contributed by atoms with Crippen LogP contribution >= 0.6 is 0 Å². The van der Waals surface area contributed by atoms with E-state index in [0.717, 1.165) is 25.0 Å². The first-order valence-electron chi connectivity index (χ1n) is 4.94. The highest BCUT2D eigenvalue weighted by atomic mass is 16.6. The molecule has 2 rings (SSSR count). The molecule has 14 heavy (non-hydrogen) atoms. The molecule has 0 spiro atoms. The van der Waals surface area contributed by atoms with Crippen LogP contribution in [0.15, 0.2) is 5.16 Å².